The van der Waals surface area contributed by atoms with Crippen molar-refractivity contribution in [2.24, 2.45) is 5.73 Å². The number of benzene rings is 1. The van der Waals surface area contributed by atoms with Gasteiger partial charge in [0.15, 0.2) is 5.76 Å². The number of nitrogens with two attached hydrogens (primary N) is 1. The molecule has 2 N–H and O–H groups in total. The molecule has 0 saturated heterocycles. The molecule has 0 radical (unpaired) electrons. The van der Waals surface area contributed by atoms with Gasteiger partial charge < -0.3 is 10.3 Å². The zero-order chi connectivity index (χ0) is 11.5. The number of hydrogen-bond donors (Lipinski definition) is 1. The van der Waals surface area contributed by atoms with Gasteiger partial charge >= 0.3 is 0 Å². The second-order valence-corrected chi connectivity index (χ2v) is 4.00. The van der Waals surface area contributed by atoms with Gasteiger partial charge in [-0.25, -0.2) is 0 Å². The summed E-state index contributed by atoms with van der Waals surface area (Å²) in [5.74, 6) is 0.780. The Morgan fingerprint density at radius 1 is 1.38 bits per heavy atom. The van der Waals surface area contributed by atoms with Crippen molar-refractivity contribution in [3.63, 3.8) is 0 Å². The summed E-state index contributed by atoms with van der Waals surface area (Å²) in [7, 11) is 0. The fourth-order valence-corrected chi connectivity index (χ4v) is 1.61. The molecule has 2 rings (SSSR count). The first kappa shape index (κ1) is 10.9. The first-order chi connectivity index (χ1) is 7.70. The van der Waals surface area contributed by atoms with E-state index < -0.39 is 0 Å². The van der Waals surface area contributed by atoms with Crippen molar-refractivity contribution in [2.75, 3.05) is 0 Å². The maximum absolute atomic E-state index is 5.89. The molecule has 3 nitrogen and oxygen atoms in total. The van der Waals surface area contributed by atoms with Crippen LogP contribution < -0.4 is 5.73 Å². The molecule has 0 unspecified atom stereocenters. The maximum atomic E-state index is 5.89. The summed E-state index contributed by atoms with van der Waals surface area (Å²) in [5, 5.41) is 3.99. The molecule has 0 spiro atoms. The zero-order valence-electron chi connectivity index (χ0n) is 9.60. The van der Waals surface area contributed by atoms with Crippen LogP contribution in [0, 0.1) is 6.92 Å². The minimum Gasteiger partial charge on any atom is -0.356 e. The molecule has 2 aromatic rings. The van der Waals surface area contributed by atoms with E-state index in [0.717, 1.165) is 23.4 Å². The van der Waals surface area contributed by atoms with Gasteiger partial charge in [-0.2, -0.15) is 0 Å². The lowest BCUT2D eigenvalue weighted by Gasteiger charge is -2.00. The molecule has 84 valence electrons. The lowest BCUT2D eigenvalue weighted by molar-refractivity contribution is 0.415. The quantitative estimate of drug-likeness (QED) is 0.857. The van der Waals surface area contributed by atoms with Crippen LogP contribution >= 0.6 is 0 Å². The van der Waals surface area contributed by atoms with E-state index >= 15 is 0 Å². The highest BCUT2D eigenvalue weighted by atomic mass is 16.5. The lowest BCUT2D eigenvalue weighted by atomic mass is 10.1. The Morgan fingerprint density at radius 3 is 2.88 bits per heavy atom. The SMILES string of the molecule is CC[C@H](N)c1cc(-c2cccc(C)c2)on1. The fraction of sp³-hybridized carbons (Fsp3) is 0.308. The molecule has 0 aliphatic heterocycles. The Balaban J connectivity index is 2.31. The van der Waals surface area contributed by atoms with Gasteiger partial charge in [0.25, 0.3) is 0 Å². The normalized spacial score (nSPS) is 12.7. The number of nitrogens with zero attached hydrogens (tertiary/aromatic N) is 1. The smallest absolute Gasteiger partial charge is 0.167 e. The third-order valence-corrected chi connectivity index (χ3v) is 2.65. The van der Waals surface area contributed by atoms with Crippen molar-refractivity contribution in [3.05, 3.63) is 41.6 Å². The minimum atomic E-state index is -0.0395. The molecule has 16 heavy (non-hydrogen) atoms. The predicted molar refractivity (Wildman–Crippen MR) is 63.9 cm³/mol. The van der Waals surface area contributed by atoms with E-state index in [9.17, 15) is 0 Å². The number of rotatable bonds is 3. The van der Waals surface area contributed by atoms with Crippen LogP contribution in [0.4, 0.5) is 0 Å². The third-order valence-electron chi connectivity index (χ3n) is 2.65. The summed E-state index contributed by atoms with van der Waals surface area (Å²) >= 11 is 0. The predicted octanol–water partition coefficient (Wildman–Crippen LogP) is 3.06. The fourth-order valence-electron chi connectivity index (χ4n) is 1.61. The Bertz CT molecular complexity index is 476. The van der Waals surface area contributed by atoms with Crippen molar-refractivity contribution in [3.8, 4) is 11.3 Å². The van der Waals surface area contributed by atoms with Crippen molar-refractivity contribution in [2.45, 2.75) is 26.3 Å². The van der Waals surface area contributed by atoms with E-state index in [0.29, 0.717) is 0 Å². The second-order valence-electron chi connectivity index (χ2n) is 4.00. The number of aryl methyl sites for hydroxylation is 1. The van der Waals surface area contributed by atoms with Gasteiger partial charge in [0, 0.05) is 11.6 Å². The molecule has 1 aromatic carbocycles. The topological polar surface area (TPSA) is 52.0 Å². The van der Waals surface area contributed by atoms with Gasteiger partial charge in [-0.05, 0) is 19.4 Å². The summed E-state index contributed by atoms with van der Waals surface area (Å²) < 4.78 is 5.30. The number of aromatic nitrogens is 1. The van der Waals surface area contributed by atoms with Crippen LogP contribution in [0.2, 0.25) is 0 Å². The average Bonchev–Trinajstić information content (AvgIpc) is 2.77. The van der Waals surface area contributed by atoms with Crippen molar-refractivity contribution in [1.82, 2.24) is 5.16 Å². The van der Waals surface area contributed by atoms with E-state index in [-0.39, 0.29) is 6.04 Å². The molecular weight excluding hydrogens is 200 g/mol. The van der Waals surface area contributed by atoms with Crippen LogP contribution in [0.15, 0.2) is 34.9 Å². The first-order valence-electron chi connectivity index (χ1n) is 5.50. The molecule has 3 heteroatoms. The van der Waals surface area contributed by atoms with Gasteiger partial charge in [0.1, 0.15) is 5.69 Å². The molecule has 0 saturated carbocycles. The average molecular weight is 216 g/mol. The zero-order valence-corrected chi connectivity index (χ0v) is 9.60. The van der Waals surface area contributed by atoms with E-state index in [4.69, 9.17) is 10.3 Å². The molecule has 1 aromatic heterocycles. The van der Waals surface area contributed by atoms with Crippen molar-refractivity contribution < 1.29 is 4.52 Å². The van der Waals surface area contributed by atoms with Gasteiger partial charge in [0.05, 0.1) is 6.04 Å². The highest BCUT2D eigenvalue weighted by molar-refractivity contribution is 5.58. The summed E-state index contributed by atoms with van der Waals surface area (Å²) in [6.07, 6.45) is 0.861. The monoisotopic (exact) mass is 216 g/mol. The van der Waals surface area contributed by atoms with Gasteiger partial charge in [-0.3, -0.25) is 0 Å². The summed E-state index contributed by atoms with van der Waals surface area (Å²) in [5.41, 5.74) is 8.96. The van der Waals surface area contributed by atoms with Gasteiger partial charge in [0.2, 0.25) is 0 Å². The second kappa shape index (κ2) is 4.49. The Labute approximate surface area is 95.3 Å². The van der Waals surface area contributed by atoms with Crippen LogP contribution in [0.3, 0.4) is 0 Å². The largest absolute Gasteiger partial charge is 0.356 e. The number of hydrogen-bond acceptors (Lipinski definition) is 3. The molecule has 1 heterocycles. The lowest BCUT2D eigenvalue weighted by Crippen LogP contribution is -2.08. The van der Waals surface area contributed by atoms with Crippen molar-refractivity contribution in [1.29, 1.82) is 0 Å². The van der Waals surface area contributed by atoms with Crippen molar-refractivity contribution >= 4 is 0 Å². The Hall–Kier alpha value is -1.61. The van der Waals surface area contributed by atoms with Crippen LogP contribution in [0.5, 0.6) is 0 Å². The van der Waals surface area contributed by atoms with Crippen LogP contribution in [0.25, 0.3) is 11.3 Å². The van der Waals surface area contributed by atoms with Crippen LogP contribution in [-0.2, 0) is 0 Å². The molecule has 0 fully saturated rings. The molecule has 0 aliphatic rings. The molecule has 0 aliphatic carbocycles. The van der Waals surface area contributed by atoms with Gasteiger partial charge in [-0.1, -0.05) is 35.8 Å². The highest BCUT2D eigenvalue weighted by Gasteiger charge is 2.11. The Kier molecular flexibility index (Phi) is 3.06. The highest BCUT2D eigenvalue weighted by Crippen LogP contribution is 2.23. The van der Waals surface area contributed by atoms with E-state index in [1.54, 1.807) is 0 Å². The van der Waals surface area contributed by atoms with E-state index in [1.807, 2.05) is 25.1 Å². The molecule has 1 atom stereocenters. The summed E-state index contributed by atoms with van der Waals surface area (Å²) in [6.45, 7) is 4.09. The Morgan fingerprint density at radius 2 is 2.19 bits per heavy atom. The summed E-state index contributed by atoms with van der Waals surface area (Å²) in [6, 6.07) is 10.0. The van der Waals surface area contributed by atoms with Crippen LogP contribution in [-0.4, -0.2) is 5.16 Å². The van der Waals surface area contributed by atoms with Gasteiger partial charge in [-0.15, -0.1) is 0 Å². The molecule has 0 amide bonds. The van der Waals surface area contributed by atoms with E-state index in [1.165, 1.54) is 5.56 Å². The third kappa shape index (κ3) is 2.14. The minimum absolute atomic E-state index is 0.0395. The van der Waals surface area contributed by atoms with Crippen LogP contribution in [0.1, 0.15) is 30.6 Å². The standard InChI is InChI=1S/C13H16N2O/c1-3-11(14)12-8-13(16-15-12)10-6-4-5-9(2)7-10/h4-8,11H,3,14H2,1-2H3/t11-/m0/s1. The molecule has 0 bridgehead atoms. The summed E-state index contributed by atoms with van der Waals surface area (Å²) in [4.78, 5) is 0. The maximum Gasteiger partial charge on any atom is 0.167 e. The molecular formula is C13H16N2O. The van der Waals surface area contributed by atoms with E-state index in [2.05, 4.69) is 24.2 Å². The first-order valence-corrected chi connectivity index (χ1v) is 5.50.